The minimum atomic E-state index is -4.27. The molecule has 0 fully saturated rings. The minimum absolute atomic E-state index is 0.0460. The maximum Gasteiger partial charge on any atom is 0.389 e. The molecule has 2 aromatic carbocycles. The van der Waals surface area contributed by atoms with Crippen molar-refractivity contribution in [2.45, 2.75) is 38.7 Å². The van der Waals surface area contributed by atoms with Gasteiger partial charge in [-0.15, -0.1) is 0 Å². The molecule has 8 heteroatoms. The number of nitrogens with zero attached hydrogens (tertiary/aromatic N) is 1. The van der Waals surface area contributed by atoms with E-state index in [1.807, 2.05) is 30.3 Å². The highest BCUT2D eigenvalue weighted by Gasteiger charge is 2.26. The van der Waals surface area contributed by atoms with E-state index >= 15 is 0 Å². The number of fused-ring (bicyclic) bond motifs is 1. The second kappa shape index (κ2) is 9.95. The first-order valence-corrected chi connectivity index (χ1v) is 10.6. The van der Waals surface area contributed by atoms with Gasteiger partial charge in [-0.2, -0.15) is 13.2 Å². The Bertz CT molecular complexity index is 1250. The van der Waals surface area contributed by atoms with Gasteiger partial charge in [-0.25, -0.2) is 0 Å². The van der Waals surface area contributed by atoms with Gasteiger partial charge < -0.3 is 19.0 Å². The van der Waals surface area contributed by atoms with Crippen LogP contribution in [0.25, 0.3) is 10.9 Å². The van der Waals surface area contributed by atoms with Crippen molar-refractivity contribution in [3.8, 4) is 11.5 Å². The molecule has 0 unspecified atom stereocenters. The van der Waals surface area contributed by atoms with Crippen LogP contribution >= 0.6 is 0 Å². The third-order valence-electron chi connectivity index (χ3n) is 5.16. The molecule has 1 N–H and O–H groups in total. The zero-order valence-electron chi connectivity index (χ0n) is 17.8. The first-order valence-electron chi connectivity index (χ1n) is 10.6. The molecule has 0 spiro atoms. The Balaban J connectivity index is 1.63. The normalized spacial score (nSPS) is 11.7. The number of alkyl halides is 3. The van der Waals surface area contributed by atoms with Gasteiger partial charge in [0.1, 0.15) is 17.3 Å². The van der Waals surface area contributed by atoms with E-state index in [0.29, 0.717) is 29.1 Å². The molecule has 0 saturated carbocycles. The van der Waals surface area contributed by atoms with Crippen LogP contribution in [0.4, 0.5) is 13.2 Å². The minimum Gasteiger partial charge on any atom is -0.468 e. The van der Waals surface area contributed by atoms with Crippen molar-refractivity contribution < 1.29 is 22.3 Å². The Morgan fingerprint density at radius 2 is 1.76 bits per heavy atom. The van der Waals surface area contributed by atoms with E-state index in [9.17, 15) is 18.0 Å². The first kappa shape index (κ1) is 22.7. The molecule has 0 bridgehead atoms. The number of aryl methyl sites for hydroxylation is 1. The molecule has 2 aromatic heterocycles. The highest BCUT2D eigenvalue weighted by Crippen LogP contribution is 2.27. The molecule has 0 amide bonds. The second-order valence-electron chi connectivity index (χ2n) is 7.66. The Morgan fingerprint density at radius 1 is 0.939 bits per heavy atom. The summed E-state index contributed by atoms with van der Waals surface area (Å²) < 4.78 is 50.7. The third-order valence-corrected chi connectivity index (χ3v) is 5.16. The van der Waals surface area contributed by atoms with Gasteiger partial charge in [0.15, 0.2) is 0 Å². The SMILES string of the molecule is O=c1c(CNCc2ccco2)cc2ccc(Oc3ccccc3)cc2n1CCCC(F)(F)F. The van der Waals surface area contributed by atoms with Gasteiger partial charge in [0.2, 0.25) is 0 Å². The summed E-state index contributed by atoms with van der Waals surface area (Å²) in [5.74, 6) is 1.85. The van der Waals surface area contributed by atoms with Gasteiger partial charge in [0, 0.05) is 31.1 Å². The average molecular weight is 456 g/mol. The van der Waals surface area contributed by atoms with Crippen molar-refractivity contribution in [3.05, 3.63) is 94.7 Å². The van der Waals surface area contributed by atoms with Crippen LogP contribution in [0.2, 0.25) is 0 Å². The fourth-order valence-electron chi connectivity index (χ4n) is 3.62. The van der Waals surface area contributed by atoms with E-state index in [1.54, 1.807) is 42.7 Å². The Kier molecular flexibility index (Phi) is 6.84. The lowest BCUT2D eigenvalue weighted by Gasteiger charge is -2.15. The van der Waals surface area contributed by atoms with Crippen LogP contribution < -0.4 is 15.6 Å². The molecule has 0 radical (unpaired) electrons. The van der Waals surface area contributed by atoms with Gasteiger partial charge in [-0.1, -0.05) is 18.2 Å². The molecule has 0 saturated heterocycles. The fourth-order valence-corrected chi connectivity index (χ4v) is 3.62. The molecule has 4 rings (SSSR count). The first-order chi connectivity index (χ1) is 15.9. The summed E-state index contributed by atoms with van der Waals surface area (Å²) in [5.41, 5.74) is 0.677. The van der Waals surface area contributed by atoms with Gasteiger partial charge in [0.25, 0.3) is 5.56 Å². The lowest BCUT2D eigenvalue weighted by atomic mass is 10.1. The number of aromatic nitrogens is 1. The topological polar surface area (TPSA) is 56.4 Å². The molecule has 4 aromatic rings. The Labute approximate surface area is 188 Å². The molecule has 33 heavy (non-hydrogen) atoms. The van der Waals surface area contributed by atoms with Crippen molar-refractivity contribution in [2.75, 3.05) is 0 Å². The highest BCUT2D eigenvalue weighted by atomic mass is 19.4. The molecule has 172 valence electrons. The summed E-state index contributed by atoms with van der Waals surface area (Å²) in [6.07, 6.45) is -3.85. The molecule has 0 aliphatic carbocycles. The van der Waals surface area contributed by atoms with Crippen molar-refractivity contribution in [3.63, 3.8) is 0 Å². The molecular formula is C25H23F3N2O3. The van der Waals surface area contributed by atoms with Crippen LogP contribution in [0.5, 0.6) is 11.5 Å². The predicted molar refractivity (Wildman–Crippen MR) is 119 cm³/mol. The predicted octanol–water partition coefficient (Wildman–Crippen LogP) is 6.02. The zero-order valence-corrected chi connectivity index (χ0v) is 17.8. The number of nitrogens with one attached hydrogen (secondary N) is 1. The summed E-state index contributed by atoms with van der Waals surface area (Å²) in [7, 11) is 0. The monoisotopic (exact) mass is 456 g/mol. The van der Waals surface area contributed by atoms with E-state index in [0.717, 1.165) is 11.1 Å². The number of halogens is 3. The average Bonchev–Trinajstić information content (AvgIpc) is 3.30. The number of rotatable bonds is 9. The van der Waals surface area contributed by atoms with Crippen molar-refractivity contribution >= 4 is 10.9 Å². The number of hydrogen-bond acceptors (Lipinski definition) is 4. The molecule has 0 atom stereocenters. The van der Waals surface area contributed by atoms with Crippen LogP contribution in [0, 0.1) is 0 Å². The molecule has 0 aliphatic heterocycles. The number of furan rings is 1. The second-order valence-corrected chi connectivity index (χ2v) is 7.66. The molecular weight excluding hydrogens is 433 g/mol. The quantitative estimate of drug-likeness (QED) is 0.335. The number of hydrogen-bond donors (Lipinski definition) is 1. The molecule has 0 aliphatic rings. The van der Waals surface area contributed by atoms with E-state index in [2.05, 4.69) is 5.32 Å². The van der Waals surface area contributed by atoms with E-state index in [-0.39, 0.29) is 25.1 Å². The standard InChI is InChI=1S/C25H23F3N2O3/c26-25(27,28)11-5-12-30-23-15-21(33-20-6-2-1-3-7-20)10-9-18(23)14-19(24(30)31)16-29-17-22-8-4-13-32-22/h1-4,6-10,13-15,29H,5,11-12,16-17H2. The fraction of sp³-hybridized carbons (Fsp3) is 0.240. The number of para-hydroxylation sites is 1. The zero-order chi connectivity index (χ0) is 23.3. The highest BCUT2D eigenvalue weighted by molar-refractivity contribution is 5.81. The summed E-state index contributed by atoms with van der Waals surface area (Å²) in [6.45, 7) is 0.648. The van der Waals surface area contributed by atoms with Crippen LogP contribution in [-0.4, -0.2) is 10.7 Å². The van der Waals surface area contributed by atoms with Crippen molar-refractivity contribution in [1.29, 1.82) is 0 Å². The Hall–Kier alpha value is -3.52. The Morgan fingerprint density at radius 3 is 2.48 bits per heavy atom. The summed E-state index contributed by atoms with van der Waals surface area (Å²) in [6, 6.07) is 19.8. The largest absolute Gasteiger partial charge is 0.468 e. The lowest BCUT2D eigenvalue weighted by Crippen LogP contribution is -2.28. The maximum atomic E-state index is 13.2. The van der Waals surface area contributed by atoms with Crippen LogP contribution in [0.1, 0.15) is 24.2 Å². The van der Waals surface area contributed by atoms with E-state index in [4.69, 9.17) is 9.15 Å². The van der Waals surface area contributed by atoms with E-state index in [1.165, 1.54) is 4.57 Å². The lowest BCUT2D eigenvalue weighted by molar-refractivity contribution is -0.135. The third kappa shape index (κ3) is 6.04. The van der Waals surface area contributed by atoms with Gasteiger partial charge in [-0.3, -0.25) is 4.79 Å². The molecule has 2 heterocycles. The number of benzene rings is 2. The van der Waals surface area contributed by atoms with Crippen LogP contribution in [0.3, 0.4) is 0 Å². The van der Waals surface area contributed by atoms with E-state index < -0.39 is 12.6 Å². The van der Waals surface area contributed by atoms with Gasteiger partial charge in [0.05, 0.1) is 18.3 Å². The van der Waals surface area contributed by atoms with Gasteiger partial charge in [-0.05, 0) is 54.3 Å². The summed E-state index contributed by atoms with van der Waals surface area (Å²) in [5, 5.41) is 3.90. The van der Waals surface area contributed by atoms with Gasteiger partial charge >= 0.3 is 6.18 Å². The maximum absolute atomic E-state index is 13.2. The van der Waals surface area contributed by atoms with Crippen LogP contribution in [0.15, 0.2) is 82.2 Å². The number of ether oxygens (including phenoxy) is 1. The van der Waals surface area contributed by atoms with Crippen LogP contribution in [-0.2, 0) is 19.6 Å². The van der Waals surface area contributed by atoms with Crippen molar-refractivity contribution in [2.24, 2.45) is 0 Å². The molecule has 5 nitrogen and oxygen atoms in total. The summed E-state index contributed by atoms with van der Waals surface area (Å²) >= 11 is 0. The van der Waals surface area contributed by atoms with Crippen molar-refractivity contribution in [1.82, 2.24) is 9.88 Å². The number of pyridine rings is 1. The smallest absolute Gasteiger partial charge is 0.389 e. The summed E-state index contributed by atoms with van der Waals surface area (Å²) in [4.78, 5) is 13.2.